The quantitative estimate of drug-likeness (QED) is 0.373. The maximum atomic E-state index is 2.94. The number of hydrogen-bond donors (Lipinski definition) is 0. The van der Waals surface area contributed by atoms with Gasteiger partial charge in [-0.15, -0.1) is 0 Å². The molecule has 0 aromatic heterocycles. The third-order valence-electron chi connectivity index (χ3n) is 0.498. The van der Waals surface area contributed by atoms with Crippen LogP contribution in [0.2, 0.25) is 5.32 Å². The van der Waals surface area contributed by atoms with E-state index in [0.29, 0.717) is 0 Å². The molecule has 0 saturated heterocycles. The van der Waals surface area contributed by atoms with E-state index in [2.05, 4.69) is 51.5 Å². The fourth-order valence-corrected chi connectivity index (χ4v) is 0.750. The molecule has 0 aromatic carbocycles. The van der Waals surface area contributed by atoms with Gasteiger partial charge in [-0.2, -0.15) is 0 Å². The first kappa shape index (κ1) is 13.9. The summed E-state index contributed by atoms with van der Waals surface area (Å²) in [7, 11) is 0. The van der Waals surface area contributed by atoms with Gasteiger partial charge in [0.15, 0.2) is 0 Å². The number of halogens is 2. The van der Waals surface area contributed by atoms with E-state index in [0.717, 1.165) is 0 Å². The zero-order valence-electron chi connectivity index (χ0n) is 4.69. The van der Waals surface area contributed by atoms with Crippen LogP contribution in [-0.4, -0.2) is 16.0 Å². The van der Waals surface area contributed by atoms with Gasteiger partial charge in [0.25, 0.3) is 0 Å². The first-order valence-electron chi connectivity index (χ1n) is 2.30. The Bertz CT molecular complexity index is 28.0. The van der Waals surface area contributed by atoms with E-state index >= 15 is 0 Å². The van der Waals surface area contributed by atoms with Crippen molar-refractivity contribution in [3.63, 3.8) is 0 Å². The summed E-state index contributed by atoms with van der Waals surface area (Å²) in [4.78, 5) is 0. The van der Waals surface area contributed by atoms with Gasteiger partial charge in [-0.3, -0.25) is 0 Å². The minimum atomic E-state index is 0.190. The molecule has 0 fully saturated rings. The van der Waals surface area contributed by atoms with E-state index in [4.69, 9.17) is 0 Å². The molecule has 51 valence electrons. The first-order chi connectivity index (χ1) is 3.83. The molecule has 0 spiro atoms. The zero-order chi connectivity index (χ0) is 6.83. The minimum absolute atomic E-state index is 0.190. The summed E-state index contributed by atoms with van der Waals surface area (Å²) in [5, 5.41) is 1.22. The van der Waals surface area contributed by atoms with Crippen molar-refractivity contribution in [1.29, 1.82) is 0 Å². The van der Waals surface area contributed by atoms with Gasteiger partial charge in [-0.25, -0.2) is 0 Å². The van der Waals surface area contributed by atoms with Crippen molar-refractivity contribution >= 4 is 44.6 Å². The van der Waals surface area contributed by atoms with E-state index in [1.54, 1.807) is 0 Å². The molecule has 0 unspecified atom stereocenters. The standard InChI is InChI=1S/C4H9Se.2HI.Sm/c1-2-3-4-5;;;/h2-4H2,1H3;2*1H;/q;;;+2/p-2. The summed E-state index contributed by atoms with van der Waals surface area (Å²) in [5.41, 5.74) is 0. The number of hydrogen-bond acceptors (Lipinski definition) is 0. The SMILES string of the molecule is CCCC[Se].[I][Sm][I]. The van der Waals surface area contributed by atoms with Crippen LogP contribution in [0.1, 0.15) is 19.8 Å². The molecular formula is C4H9I2SeSm. The van der Waals surface area contributed by atoms with Crippen molar-refractivity contribution in [2.24, 2.45) is 0 Å². The second-order valence-electron chi connectivity index (χ2n) is 1.12. The van der Waals surface area contributed by atoms with Gasteiger partial charge in [0.2, 0.25) is 0 Å². The van der Waals surface area contributed by atoms with E-state index in [1.165, 1.54) is 18.2 Å². The van der Waals surface area contributed by atoms with Gasteiger partial charge < -0.3 is 0 Å². The molecule has 4 heteroatoms. The fraction of sp³-hybridized carbons (Fsp3) is 1.00. The molecule has 0 aromatic rings. The normalized spacial score (nSPS) is 7.50. The summed E-state index contributed by atoms with van der Waals surface area (Å²) in [6.45, 7) is 2.19. The molecule has 0 bridgehead atoms. The molecule has 0 amide bonds. The molecule has 0 aliphatic heterocycles. The van der Waals surface area contributed by atoms with Crippen LogP contribution in [0.3, 0.4) is 0 Å². The Balaban J connectivity index is 0. The number of unbranched alkanes of at least 4 members (excludes halogenated alkanes) is 1. The van der Waals surface area contributed by atoms with Crippen LogP contribution in [0.5, 0.6) is 0 Å². The fourth-order valence-electron chi connectivity index (χ4n) is 0.144. The van der Waals surface area contributed by atoms with Crippen LogP contribution >= 0.6 is 28.6 Å². The first-order valence-corrected chi connectivity index (χ1v) is 18.6. The summed E-state index contributed by atoms with van der Waals surface area (Å²) in [6, 6.07) is 0. The summed E-state index contributed by atoms with van der Waals surface area (Å²) in [5.74, 6) is 0. The maximum absolute atomic E-state index is 2.94. The Hall–Kier alpha value is 3.32. The van der Waals surface area contributed by atoms with Gasteiger partial charge >= 0.3 is 95.1 Å². The molecule has 0 atom stereocenters. The van der Waals surface area contributed by atoms with Crippen LogP contribution in [-0.2, 0) is 0 Å². The predicted octanol–water partition coefficient (Wildman–Crippen LogP) is 3.14. The summed E-state index contributed by atoms with van der Waals surface area (Å²) in [6.07, 6.45) is 2.65. The zero-order valence-corrected chi connectivity index (χ0v) is 13.3. The monoisotopic (exact) mass is 543 g/mol. The van der Waals surface area contributed by atoms with E-state index < -0.39 is 0 Å². The van der Waals surface area contributed by atoms with Crippen LogP contribution < -0.4 is 0 Å². The Morgan fingerprint density at radius 1 is 1.50 bits per heavy atom. The molecule has 8 heavy (non-hydrogen) atoms. The van der Waals surface area contributed by atoms with Crippen LogP contribution in [0.15, 0.2) is 0 Å². The van der Waals surface area contributed by atoms with Crippen molar-refractivity contribution in [3.05, 3.63) is 0 Å². The molecule has 0 N–H and O–H groups in total. The van der Waals surface area contributed by atoms with Crippen LogP contribution in [0.25, 0.3) is 0 Å². The Morgan fingerprint density at radius 2 is 1.88 bits per heavy atom. The van der Waals surface area contributed by atoms with Crippen molar-refractivity contribution in [1.82, 2.24) is 0 Å². The van der Waals surface area contributed by atoms with Gasteiger partial charge in [0.05, 0.1) is 0 Å². The average Bonchev–Trinajstić information content (AvgIpc) is 1.71. The molecule has 1 radical (unpaired) electrons. The van der Waals surface area contributed by atoms with Gasteiger partial charge in [-0.1, -0.05) is 0 Å². The molecule has 0 aliphatic carbocycles. The Labute approximate surface area is 92.4 Å². The van der Waals surface area contributed by atoms with Crippen molar-refractivity contribution in [2.45, 2.75) is 25.1 Å². The topological polar surface area (TPSA) is 0 Å². The van der Waals surface area contributed by atoms with Gasteiger partial charge in [0, 0.05) is 0 Å². The van der Waals surface area contributed by atoms with E-state index in [1.807, 2.05) is 0 Å². The van der Waals surface area contributed by atoms with Gasteiger partial charge in [0.1, 0.15) is 0 Å². The summed E-state index contributed by atoms with van der Waals surface area (Å²) >= 11 is 8.02. The molecule has 0 aliphatic rings. The summed E-state index contributed by atoms with van der Waals surface area (Å²) < 4.78 is 0. The number of rotatable bonds is 2. The van der Waals surface area contributed by atoms with Crippen molar-refractivity contribution < 1.29 is 25.5 Å². The molecule has 0 heterocycles. The second kappa shape index (κ2) is 16.7. The van der Waals surface area contributed by atoms with Crippen molar-refractivity contribution in [3.8, 4) is 0 Å². The van der Waals surface area contributed by atoms with Crippen molar-refractivity contribution in [2.75, 3.05) is 0 Å². The third kappa shape index (κ3) is 22.8. The van der Waals surface area contributed by atoms with Gasteiger partial charge in [-0.05, 0) is 0 Å². The molecular weight excluding hydrogens is 531 g/mol. The molecule has 0 rings (SSSR count). The Morgan fingerprint density at radius 3 is 1.88 bits per heavy atom. The van der Waals surface area contributed by atoms with Crippen LogP contribution in [0, 0.1) is 25.5 Å². The predicted molar refractivity (Wildman–Crippen MR) is 53.5 cm³/mol. The third-order valence-corrected chi connectivity index (χ3v) is 1.10. The second-order valence-corrected chi connectivity index (χ2v) is 21.4. The average molecular weight is 540 g/mol. The van der Waals surface area contributed by atoms with E-state index in [-0.39, 0.29) is 25.5 Å². The Kier molecular flexibility index (Phi) is 29.0. The van der Waals surface area contributed by atoms with E-state index in [9.17, 15) is 0 Å². The van der Waals surface area contributed by atoms with Crippen LogP contribution in [0.4, 0.5) is 0 Å². The molecule has 0 saturated carbocycles. The molecule has 0 nitrogen and oxygen atoms in total.